The molecule has 0 saturated carbocycles. The summed E-state index contributed by atoms with van der Waals surface area (Å²) >= 11 is 1.46. The van der Waals surface area contributed by atoms with Crippen LogP contribution in [0.25, 0.3) is 11.3 Å². The Hall–Kier alpha value is -1.95. The second kappa shape index (κ2) is 5.40. The number of nitrogens with zero attached hydrogens (tertiary/aromatic N) is 3. The summed E-state index contributed by atoms with van der Waals surface area (Å²) in [6.45, 7) is 0. The van der Waals surface area contributed by atoms with Crippen molar-refractivity contribution in [3.63, 3.8) is 0 Å². The molecule has 1 N–H and O–H groups in total. The fourth-order valence-electron chi connectivity index (χ4n) is 1.42. The second-order valence-corrected chi connectivity index (χ2v) is 4.04. The largest absolute Gasteiger partial charge is 0.240 e. The van der Waals surface area contributed by atoms with Crippen molar-refractivity contribution < 1.29 is 0 Å². The van der Waals surface area contributed by atoms with Crippen molar-refractivity contribution in [1.82, 2.24) is 10.2 Å². The van der Waals surface area contributed by atoms with Gasteiger partial charge in [0.2, 0.25) is 0 Å². The summed E-state index contributed by atoms with van der Waals surface area (Å²) < 4.78 is 0. The SMILES string of the molecule is CSc1cc(NN=O)c(-c2ccccc2)nn1. The Labute approximate surface area is 103 Å². The molecule has 0 aliphatic heterocycles. The van der Waals surface area contributed by atoms with Gasteiger partial charge in [0.05, 0.1) is 11.0 Å². The third-order valence-corrected chi connectivity index (χ3v) is 2.81. The second-order valence-electron chi connectivity index (χ2n) is 3.22. The molecule has 0 spiro atoms. The summed E-state index contributed by atoms with van der Waals surface area (Å²) in [5.41, 5.74) is 4.47. The Morgan fingerprint density at radius 3 is 2.65 bits per heavy atom. The van der Waals surface area contributed by atoms with Gasteiger partial charge in [-0.05, 0) is 12.3 Å². The zero-order valence-corrected chi connectivity index (χ0v) is 9.94. The van der Waals surface area contributed by atoms with Gasteiger partial charge in [0.25, 0.3) is 0 Å². The molecule has 0 amide bonds. The molecule has 17 heavy (non-hydrogen) atoms. The first-order chi connectivity index (χ1) is 8.35. The van der Waals surface area contributed by atoms with Crippen molar-refractivity contribution in [2.75, 3.05) is 11.7 Å². The molecule has 2 rings (SSSR count). The van der Waals surface area contributed by atoms with E-state index in [2.05, 4.69) is 20.9 Å². The van der Waals surface area contributed by atoms with Gasteiger partial charge in [-0.2, -0.15) is 0 Å². The van der Waals surface area contributed by atoms with Crippen molar-refractivity contribution in [3.05, 3.63) is 41.3 Å². The molecule has 0 bridgehead atoms. The van der Waals surface area contributed by atoms with Crippen molar-refractivity contribution in [1.29, 1.82) is 0 Å². The lowest BCUT2D eigenvalue weighted by molar-refractivity contribution is 0.936. The van der Waals surface area contributed by atoms with Crippen LogP contribution in [0.3, 0.4) is 0 Å². The lowest BCUT2D eigenvalue weighted by Gasteiger charge is -2.06. The first-order valence-corrected chi connectivity index (χ1v) is 6.13. The molecule has 0 radical (unpaired) electrons. The van der Waals surface area contributed by atoms with E-state index >= 15 is 0 Å². The molecule has 5 nitrogen and oxygen atoms in total. The maximum Gasteiger partial charge on any atom is 0.121 e. The van der Waals surface area contributed by atoms with Gasteiger partial charge in [0.1, 0.15) is 10.7 Å². The van der Waals surface area contributed by atoms with Crippen LogP contribution in [0.4, 0.5) is 5.69 Å². The fraction of sp³-hybridized carbons (Fsp3) is 0.0909. The third-order valence-electron chi connectivity index (χ3n) is 2.19. The predicted molar refractivity (Wildman–Crippen MR) is 68.7 cm³/mol. The molecule has 0 aliphatic carbocycles. The van der Waals surface area contributed by atoms with Crippen LogP contribution >= 0.6 is 11.8 Å². The van der Waals surface area contributed by atoms with Crippen LogP contribution in [0.15, 0.2) is 46.7 Å². The zero-order valence-electron chi connectivity index (χ0n) is 9.12. The summed E-state index contributed by atoms with van der Waals surface area (Å²) in [7, 11) is 0. The molecule has 1 aromatic carbocycles. The number of hydrogen-bond donors (Lipinski definition) is 1. The molecule has 6 heteroatoms. The standard InChI is InChI=1S/C11H10N4OS/c1-17-10-7-9(12-15-16)11(14-13-10)8-5-3-2-4-6-8/h2-7H,1H3,(H,12,13,16). The van der Waals surface area contributed by atoms with E-state index in [0.717, 1.165) is 10.6 Å². The van der Waals surface area contributed by atoms with E-state index in [1.54, 1.807) is 6.07 Å². The fourth-order valence-corrected chi connectivity index (χ4v) is 1.78. The minimum Gasteiger partial charge on any atom is -0.240 e. The van der Waals surface area contributed by atoms with Gasteiger partial charge < -0.3 is 0 Å². The first kappa shape index (κ1) is 11.5. The molecule has 86 valence electrons. The smallest absolute Gasteiger partial charge is 0.121 e. The Morgan fingerprint density at radius 1 is 1.24 bits per heavy atom. The van der Waals surface area contributed by atoms with E-state index < -0.39 is 0 Å². The van der Waals surface area contributed by atoms with E-state index in [4.69, 9.17) is 0 Å². The van der Waals surface area contributed by atoms with E-state index in [1.165, 1.54) is 11.8 Å². The Morgan fingerprint density at radius 2 is 2.00 bits per heavy atom. The van der Waals surface area contributed by atoms with Crippen LogP contribution in [-0.2, 0) is 0 Å². The zero-order chi connectivity index (χ0) is 12.1. The molecule has 0 unspecified atom stereocenters. The number of aromatic nitrogens is 2. The van der Waals surface area contributed by atoms with Gasteiger partial charge >= 0.3 is 0 Å². The summed E-state index contributed by atoms with van der Waals surface area (Å²) in [6, 6.07) is 11.3. The van der Waals surface area contributed by atoms with Crippen LogP contribution in [0.5, 0.6) is 0 Å². The van der Waals surface area contributed by atoms with Crippen molar-refractivity contribution in [3.8, 4) is 11.3 Å². The molecule has 0 atom stereocenters. The molecule has 0 fully saturated rings. The van der Waals surface area contributed by atoms with E-state index in [0.29, 0.717) is 11.4 Å². The minimum atomic E-state index is 0.561. The van der Waals surface area contributed by atoms with Crippen molar-refractivity contribution >= 4 is 17.4 Å². The van der Waals surface area contributed by atoms with Crippen LogP contribution in [0, 0.1) is 4.91 Å². The van der Waals surface area contributed by atoms with Crippen LogP contribution < -0.4 is 5.43 Å². The maximum absolute atomic E-state index is 10.3. The summed E-state index contributed by atoms with van der Waals surface area (Å²) in [5, 5.41) is 11.6. The van der Waals surface area contributed by atoms with Gasteiger partial charge in [-0.25, -0.2) is 5.43 Å². The van der Waals surface area contributed by atoms with Crippen LogP contribution in [-0.4, -0.2) is 16.5 Å². The highest BCUT2D eigenvalue weighted by molar-refractivity contribution is 7.98. The number of thioether (sulfide) groups is 1. The molecule has 0 aliphatic rings. The number of hydrogen-bond acceptors (Lipinski definition) is 5. The summed E-state index contributed by atoms with van der Waals surface area (Å²) in [5.74, 6) is 0. The van der Waals surface area contributed by atoms with E-state index in [9.17, 15) is 4.91 Å². The van der Waals surface area contributed by atoms with Gasteiger partial charge in [-0.1, -0.05) is 30.3 Å². The number of nitrogens with one attached hydrogen (secondary N) is 1. The predicted octanol–water partition coefficient (Wildman–Crippen LogP) is 2.96. The normalized spacial score (nSPS) is 9.94. The molecular weight excluding hydrogens is 236 g/mol. The van der Waals surface area contributed by atoms with Gasteiger partial charge in [-0.15, -0.1) is 26.9 Å². The minimum absolute atomic E-state index is 0.561. The van der Waals surface area contributed by atoms with E-state index in [-0.39, 0.29) is 0 Å². The lowest BCUT2D eigenvalue weighted by Crippen LogP contribution is -1.97. The van der Waals surface area contributed by atoms with Crippen molar-refractivity contribution in [2.45, 2.75) is 5.03 Å². The average Bonchev–Trinajstić information content (AvgIpc) is 2.40. The molecule has 1 heterocycles. The summed E-state index contributed by atoms with van der Waals surface area (Å²) in [6.07, 6.45) is 1.89. The van der Waals surface area contributed by atoms with Crippen LogP contribution in [0.1, 0.15) is 0 Å². The molecule has 0 saturated heterocycles. The van der Waals surface area contributed by atoms with Gasteiger partial charge in [0.15, 0.2) is 0 Å². The lowest BCUT2D eigenvalue weighted by atomic mass is 10.1. The van der Waals surface area contributed by atoms with Crippen molar-refractivity contribution in [2.24, 2.45) is 5.29 Å². The third kappa shape index (κ3) is 2.59. The Kier molecular flexibility index (Phi) is 3.66. The highest BCUT2D eigenvalue weighted by Gasteiger charge is 2.09. The Bertz CT molecular complexity index is 518. The summed E-state index contributed by atoms with van der Waals surface area (Å²) in [4.78, 5) is 10.3. The number of nitroso groups, excluding NO2 is 1. The van der Waals surface area contributed by atoms with Gasteiger partial charge in [-0.3, -0.25) is 0 Å². The molecule has 1 aromatic heterocycles. The highest BCUT2D eigenvalue weighted by Crippen LogP contribution is 2.27. The Balaban J connectivity index is 2.49. The van der Waals surface area contributed by atoms with Gasteiger partial charge in [0, 0.05) is 5.56 Å². The number of anilines is 1. The number of rotatable bonds is 4. The number of benzene rings is 1. The topological polar surface area (TPSA) is 67.2 Å². The maximum atomic E-state index is 10.3. The first-order valence-electron chi connectivity index (χ1n) is 4.90. The quantitative estimate of drug-likeness (QED) is 0.510. The van der Waals surface area contributed by atoms with E-state index in [1.807, 2.05) is 36.6 Å². The molecular formula is C11H10N4OS. The molecule has 2 aromatic rings. The average molecular weight is 246 g/mol. The van der Waals surface area contributed by atoms with Crippen LogP contribution in [0.2, 0.25) is 0 Å². The monoisotopic (exact) mass is 246 g/mol. The highest BCUT2D eigenvalue weighted by atomic mass is 32.2.